The molecule has 1 N–H and O–H groups in total. The number of ether oxygens (including phenoxy) is 1. The molecule has 0 radical (unpaired) electrons. The maximum absolute atomic E-state index is 13.0. The first-order valence-corrected chi connectivity index (χ1v) is 11.5. The zero-order chi connectivity index (χ0) is 20.6. The second-order valence-corrected chi connectivity index (χ2v) is 9.59. The first kappa shape index (κ1) is 19.8. The fourth-order valence-corrected chi connectivity index (χ4v) is 5.87. The molecule has 154 valence electrons. The highest BCUT2D eigenvalue weighted by atomic mass is 32.2. The van der Waals surface area contributed by atoms with Gasteiger partial charge in [-0.25, -0.2) is 12.8 Å². The summed E-state index contributed by atoms with van der Waals surface area (Å²) in [5.41, 5.74) is 0.461. The van der Waals surface area contributed by atoms with Crippen LogP contribution in [0.25, 0.3) is 0 Å². The lowest BCUT2D eigenvalue weighted by Gasteiger charge is -2.37. The summed E-state index contributed by atoms with van der Waals surface area (Å²) in [5.74, 6) is 0.401. The summed E-state index contributed by atoms with van der Waals surface area (Å²) in [5, 5.41) is 3.04. The molecule has 0 saturated carbocycles. The number of fused-ring (bicyclic) bond motifs is 2. The zero-order valence-corrected chi connectivity index (χ0v) is 16.9. The predicted molar refractivity (Wildman–Crippen MR) is 107 cm³/mol. The van der Waals surface area contributed by atoms with E-state index in [1.165, 1.54) is 30.5 Å². The van der Waals surface area contributed by atoms with Crippen molar-refractivity contribution in [2.24, 2.45) is 0 Å². The second-order valence-electron chi connectivity index (χ2n) is 7.70. The Morgan fingerprint density at radius 3 is 2.34 bits per heavy atom. The number of carbonyl (C=O) groups excluding carboxylic acids is 1. The van der Waals surface area contributed by atoms with E-state index in [0.29, 0.717) is 29.9 Å². The fourth-order valence-electron chi connectivity index (χ4n) is 4.40. The highest BCUT2D eigenvalue weighted by Crippen LogP contribution is 2.37. The van der Waals surface area contributed by atoms with Crippen LogP contribution < -0.4 is 10.1 Å². The van der Waals surface area contributed by atoms with Crippen LogP contribution in [0.4, 0.5) is 4.39 Å². The molecular weight excluding hydrogens is 395 g/mol. The average Bonchev–Trinajstić information content (AvgIpc) is 2.96. The number of piperidine rings is 1. The molecule has 6 nitrogen and oxygen atoms in total. The second kappa shape index (κ2) is 7.76. The van der Waals surface area contributed by atoms with E-state index in [1.54, 1.807) is 28.6 Å². The third kappa shape index (κ3) is 4.43. The highest BCUT2D eigenvalue weighted by Gasteiger charge is 2.45. The van der Waals surface area contributed by atoms with Gasteiger partial charge >= 0.3 is 0 Å². The highest BCUT2D eigenvalue weighted by molar-refractivity contribution is 7.88. The summed E-state index contributed by atoms with van der Waals surface area (Å²) in [6, 6.07) is 12.3. The van der Waals surface area contributed by atoms with E-state index in [0.717, 1.165) is 12.8 Å². The van der Waals surface area contributed by atoms with Crippen LogP contribution in [-0.2, 0) is 10.0 Å². The summed E-state index contributed by atoms with van der Waals surface area (Å²) >= 11 is 0. The summed E-state index contributed by atoms with van der Waals surface area (Å²) < 4.78 is 44.3. The Morgan fingerprint density at radius 2 is 1.72 bits per heavy atom. The predicted octanol–water partition coefficient (Wildman–Crippen LogP) is 3.30. The molecule has 2 aliphatic heterocycles. The van der Waals surface area contributed by atoms with Gasteiger partial charge in [0.25, 0.3) is 5.91 Å². The van der Waals surface area contributed by atoms with E-state index < -0.39 is 10.0 Å². The molecule has 0 spiro atoms. The fraction of sp³-hybridized carbons (Fsp3) is 0.381. The van der Waals surface area contributed by atoms with Gasteiger partial charge in [-0.05, 0) is 68.1 Å². The monoisotopic (exact) mass is 418 g/mol. The largest absolute Gasteiger partial charge is 0.457 e. The van der Waals surface area contributed by atoms with E-state index in [4.69, 9.17) is 4.74 Å². The quantitative estimate of drug-likeness (QED) is 0.808. The smallest absolute Gasteiger partial charge is 0.251 e. The molecule has 2 atom stereocenters. The molecule has 2 bridgehead atoms. The van der Waals surface area contributed by atoms with Crippen LogP contribution in [0.2, 0.25) is 0 Å². The van der Waals surface area contributed by atoms with Crippen molar-refractivity contribution >= 4 is 15.9 Å². The first-order valence-electron chi connectivity index (χ1n) is 9.62. The Labute approximate surface area is 169 Å². The lowest BCUT2D eigenvalue weighted by atomic mass is 9.99. The number of benzene rings is 2. The lowest BCUT2D eigenvalue weighted by Crippen LogP contribution is -2.52. The Balaban J connectivity index is 1.41. The summed E-state index contributed by atoms with van der Waals surface area (Å²) in [7, 11) is -3.22. The van der Waals surface area contributed by atoms with E-state index >= 15 is 0 Å². The SMILES string of the molecule is CS(=O)(=O)N1C2CCC1CC(NC(=O)c1cccc(Oc3ccc(F)cc3)c1)C2. The van der Waals surface area contributed by atoms with Crippen molar-refractivity contribution in [1.29, 1.82) is 0 Å². The topological polar surface area (TPSA) is 75.7 Å². The third-order valence-corrected chi connectivity index (χ3v) is 6.89. The van der Waals surface area contributed by atoms with Crippen LogP contribution in [0.3, 0.4) is 0 Å². The minimum Gasteiger partial charge on any atom is -0.457 e. The average molecular weight is 418 g/mol. The summed E-state index contributed by atoms with van der Waals surface area (Å²) in [6.07, 6.45) is 4.18. The number of halogens is 1. The minimum atomic E-state index is -3.22. The molecule has 8 heteroatoms. The van der Waals surface area contributed by atoms with E-state index in [9.17, 15) is 17.6 Å². The molecule has 4 rings (SSSR count). The van der Waals surface area contributed by atoms with Crippen molar-refractivity contribution in [3.8, 4) is 11.5 Å². The zero-order valence-electron chi connectivity index (χ0n) is 16.0. The van der Waals surface area contributed by atoms with E-state index in [1.807, 2.05) is 0 Å². The summed E-state index contributed by atoms with van der Waals surface area (Å²) in [6.45, 7) is 0. The molecule has 2 aromatic rings. The van der Waals surface area contributed by atoms with E-state index in [-0.39, 0.29) is 29.8 Å². The number of sulfonamides is 1. The van der Waals surface area contributed by atoms with Crippen molar-refractivity contribution in [1.82, 2.24) is 9.62 Å². The number of hydrogen-bond acceptors (Lipinski definition) is 4. The number of rotatable bonds is 5. The van der Waals surface area contributed by atoms with Crippen LogP contribution in [0.1, 0.15) is 36.0 Å². The van der Waals surface area contributed by atoms with E-state index in [2.05, 4.69) is 5.32 Å². The molecule has 1 amide bonds. The summed E-state index contributed by atoms with van der Waals surface area (Å²) in [4.78, 5) is 12.7. The van der Waals surface area contributed by atoms with Gasteiger partial charge in [-0.3, -0.25) is 4.79 Å². The van der Waals surface area contributed by atoms with Crippen LogP contribution in [0.15, 0.2) is 48.5 Å². The molecule has 2 heterocycles. The van der Waals surface area contributed by atoms with Gasteiger partial charge in [-0.2, -0.15) is 4.31 Å². The first-order chi connectivity index (χ1) is 13.8. The minimum absolute atomic E-state index is 0.0396. The number of nitrogens with zero attached hydrogens (tertiary/aromatic N) is 1. The normalized spacial score (nSPS) is 24.3. The van der Waals surface area contributed by atoms with Gasteiger partial charge in [0.2, 0.25) is 10.0 Å². The molecule has 2 unspecified atom stereocenters. The third-order valence-electron chi connectivity index (χ3n) is 5.53. The van der Waals surface area contributed by atoms with Gasteiger partial charge in [-0.15, -0.1) is 0 Å². The van der Waals surface area contributed by atoms with Crippen molar-refractivity contribution in [2.45, 2.75) is 43.8 Å². The van der Waals surface area contributed by atoms with Crippen molar-refractivity contribution in [2.75, 3.05) is 6.26 Å². The number of carbonyl (C=O) groups is 1. The van der Waals surface area contributed by atoms with Gasteiger partial charge < -0.3 is 10.1 Å². The number of amides is 1. The molecule has 2 aliphatic rings. The van der Waals surface area contributed by atoms with Gasteiger partial charge in [0.15, 0.2) is 0 Å². The van der Waals surface area contributed by atoms with Crippen molar-refractivity contribution in [3.05, 3.63) is 59.9 Å². The number of nitrogens with one attached hydrogen (secondary N) is 1. The molecule has 2 aromatic carbocycles. The van der Waals surface area contributed by atoms with Gasteiger partial charge in [-0.1, -0.05) is 6.07 Å². The Hall–Kier alpha value is -2.45. The molecule has 29 heavy (non-hydrogen) atoms. The van der Waals surface area contributed by atoms with Gasteiger partial charge in [0.1, 0.15) is 17.3 Å². The molecule has 2 fully saturated rings. The Bertz CT molecular complexity index is 996. The van der Waals surface area contributed by atoms with Gasteiger partial charge in [0.05, 0.1) is 6.26 Å². The van der Waals surface area contributed by atoms with Crippen LogP contribution in [-0.4, -0.2) is 43.0 Å². The van der Waals surface area contributed by atoms with Gasteiger partial charge in [0, 0.05) is 23.7 Å². The standard InChI is InChI=1S/C21H23FN2O4S/c1-29(26,27)24-17-7-8-18(24)13-16(12-17)23-21(25)14-3-2-4-20(11-14)28-19-9-5-15(22)6-10-19/h2-6,9-11,16-18H,7-8,12-13H2,1H3,(H,23,25). The molecule has 0 aromatic heterocycles. The van der Waals surface area contributed by atoms with Crippen LogP contribution in [0.5, 0.6) is 11.5 Å². The Morgan fingerprint density at radius 1 is 1.07 bits per heavy atom. The van der Waals surface area contributed by atoms with Crippen LogP contribution in [0, 0.1) is 5.82 Å². The molecule has 2 saturated heterocycles. The lowest BCUT2D eigenvalue weighted by molar-refractivity contribution is 0.0909. The maximum atomic E-state index is 13.0. The molecule has 0 aliphatic carbocycles. The number of hydrogen-bond donors (Lipinski definition) is 1. The molecular formula is C21H23FN2O4S. The van der Waals surface area contributed by atoms with Crippen molar-refractivity contribution < 1.29 is 22.3 Å². The Kier molecular flexibility index (Phi) is 5.31. The van der Waals surface area contributed by atoms with Crippen molar-refractivity contribution in [3.63, 3.8) is 0 Å². The maximum Gasteiger partial charge on any atom is 0.251 e. The van der Waals surface area contributed by atoms with Crippen LogP contribution >= 0.6 is 0 Å².